The van der Waals surface area contributed by atoms with Gasteiger partial charge in [-0.25, -0.2) is 8.78 Å². The Morgan fingerprint density at radius 1 is 1.00 bits per heavy atom. The first-order chi connectivity index (χ1) is 12.6. The van der Waals surface area contributed by atoms with Crippen molar-refractivity contribution in [2.75, 3.05) is 37.6 Å². The van der Waals surface area contributed by atoms with Gasteiger partial charge in [0.2, 0.25) is 0 Å². The van der Waals surface area contributed by atoms with Crippen molar-refractivity contribution in [3.8, 4) is 0 Å². The topological polar surface area (TPSA) is 18.5 Å². The summed E-state index contributed by atoms with van der Waals surface area (Å²) in [5, 5.41) is 3.40. The molecule has 26 heavy (non-hydrogen) atoms. The van der Waals surface area contributed by atoms with E-state index in [-0.39, 0.29) is 17.7 Å². The summed E-state index contributed by atoms with van der Waals surface area (Å²) < 4.78 is 27.3. The van der Waals surface area contributed by atoms with E-state index in [2.05, 4.69) is 22.0 Å². The lowest BCUT2D eigenvalue weighted by Gasteiger charge is -2.37. The van der Waals surface area contributed by atoms with Crippen molar-refractivity contribution >= 4 is 5.69 Å². The van der Waals surface area contributed by atoms with Crippen LogP contribution in [0.5, 0.6) is 0 Å². The van der Waals surface area contributed by atoms with Crippen LogP contribution in [0.1, 0.15) is 31.0 Å². The summed E-state index contributed by atoms with van der Waals surface area (Å²) in [4.78, 5) is 4.76. The van der Waals surface area contributed by atoms with Crippen LogP contribution in [0.3, 0.4) is 0 Å². The van der Waals surface area contributed by atoms with E-state index in [0.717, 1.165) is 49.5 Å². The number of hydrogen-bond acceptors (Lipinski definition) is 3. The molecule has 1 saturated heterocycles. The van der Waals surface area contributed by atoms with Gasteiger partial charge in [-0.1, -0.05) is 19.1 Å². The molecule has 1 atom stereocenters. The lowest BCUT2D eigenvalue weighted by atomic mass is 10.0. The summed E-state index contributed by atoms with van der Waals surface area (Å²) in [5.41, 5.74) is 2.92. The fourth-order valence-corrected chi connectivity index (χ4v) is 3.49. The Balaban J connectivity index is 1.72. The van der Waals surface area contributed by atoms with Crippen LogP contribution < -0.4 is 10.2 Å². The minimum Gasteiger partial charge on any atom is -0.369 e. The Morgan fingerprint density at radius 3 is 2.42 bits per heavy atom. The molecule has 1 N–H and O–H groups in total. The first kappa shape index (κ1) is 18.8. The summed E-state index contributed by atoms with van der Waals surface area (Å²) in [6.07, 6.45) is 0. The van der Waals surface area contributed by atoms with Crippen molar-refractivity contribution in [3.63, 3.8) is 0 Å². The predicted octanol–water partition coefficient (Wildman–Crippen LogP) is 3.96. The predicted molar refractivity (Wildman–Crippen MR) is 102 cm³/mol. The van der Waals surface area contributed by atoms with Gasteiger partial charge in [-0.2, -0.15) is 0 Å². The van der Waals surface area contributed by atoms with Gasteiger partial charge in [-0.3, -0.25) is 0 Å². The van der Waals surface area contributed by atoms with Gasteiger partial charge in [0.05, 0.1) is 0 Å². The van der Waals surface area contributed by atoms with E-state index < -0.39 is 0 Å². The Bertz CT molecular complexity index is 727. The maximum Gasteiger partial charge on any atom is 0.123 e. The number of benzene rings is 2. The van der Waals surface area contributed by atoms with Gasteiger partial charge >= 0.3 is 0 Å². The molecule has 3 nitrogen and oxygen atoms in total. The number of halogens is 2. The molecule has 1 unspecified atom stereocenters. The number of likely N-dealkylation sites (N-methyl/N-ethyl adjacent to an activating group) is 1. The van der Waals surface area contributed by atoms with Gasteiger partial charge in [0, 0.05) is 44.5 Å². The summed E-state index contributed by atoms with van der Waals surface area (Å²) >= 11 is 0. The third kappa shape index (κ3) is 4.59. The minimum atomic E-state index is -0.239. The molecule has 2 aromatic carbocycles. The largest absolute Gasteiger partial charge is 0.369 e. The van der Waals surface area contributed by atoms with E-state index in [1.807, 2.05) is 19.1 Å². The average molecular weight is 359 g/mol. The molecular weight excluding hydrogens is 332 g/mol. The number of piperazine rings is 1. The summed E-state index contributed by atoms with van der Waals surface area (Å²) in [5.74, 6) is -0.465. The molecule has 0 bridgehead atoms. The van der Waals surface area contributed by atoms with Crippen LogP contribution in [-0.4, -0.2) is 37.6 Å². The SMILES string of the molecule is CCN1CCN(c2ccc(F)cc2C(C)NCc2cccc(F)c2)CC1. The highest BCUT2D eigenvalue weighted by Gasteiger charge is 2.20. The molecular formula is C21H27F2N3. The molecule has 2 aromatic rings. The smallest absolute Gasteiger partial charge is 0.123 e. The van der Waals surface area contributed by atoms with E-state index >= 15 is 0 Å². The molecule has 0 spiro atoms. The van der Waals surface area contributed by atoms with E-state index in [1.165, 1.54) is 18.2 Å². The number of nitrogens with one attached hydrogen (secondary N) is 1. The molecule has 140 valence electrons. The summed E-state index contributed by atoms with van der Waals surface area (Å²) in [6, 6.07) is 11.6. The maximum atomic E-state index is 13.9. The fourth-order valence-electron chi connectivity index (χ4n) is 3.49. The Labute approximate surface area is 154 Å². The Kier molecular flexibility index (Phi) is 6.22. The van der Waals surface area contributed by atoms with Gasteiger partial charge in [0.15, 0.2) is 0 Å². The molecule has 1 aliphatic heterocycles. The first-order valence-corrected chi connectivity index (χ1v) is 9.31. The molecule has 0 radical (unpaired) electrons. The van der Waals surface area contributed by atoms with Crippen LogP contribution in [0.15, 0.2) is 42.5 Å². The summed E-state index contributed by atoms with van der Waals surface area (Å²) in [7, 11) is 0. The quantitative estimate of drug-likeness (QED) is 0.842. The van der Waals surface area contributed by atoms with Crippen molar-refractivity contribution in [2.24, 2.45) is 0 Å². The van der Waals surface area contributed by atoms with E-state index in [9.17, 15) is 8.78 Å². The van der Waals surface area contributed by atoms with E-state index in [0.29, 0.717) is 6.54 Å². The van der Waals surface area contributed by atoms with Crippen molar-refractivity contribution in [1.82, 2.24) is 10.2 Å². The van der Waals surface area contributed by atoms with E-state index in [4.69, 9.17) is 0 Å². The van der Waals surface area contributed by atoms with Crippen molar-refractivity contribution < 1.29 is 8.78 Å². The molecule has 0 aliphatic carbocycles. The normalized spacial score (nSPS) is 16.7. The second-order valence-electron chi connectivity index (χ2n) is 6.86. The van der Waals surface area contributed by atoms with Crippen LogP contribution in [0.2, 0.25) is 0 Å². The highest BCUT2D eigenvalue weighted by molar-refractivity contribution is 5.55. The fraction of sp³-hybridized carbons (Fsp3) is 0.429. The summed E-state index contributed by atoms with van der Waals surface area (Å²) in [6.45, 7) is 9.76. The third-order valence-corrected chi connectivity index (χ3v) is 5.12. The van der Waals surface area contributed by atoms with Crippen LogP contribution in [0.25, 0.3) is 0 Å². The minimum absolute atomic E-state index is 0.0341. The average Bonchev–Trinajstić information content (AvgIpc) is 2.66. The van der Waals surface area contributed by atoms with Crippen molar-refractivity contribution in [3.05, 3.63) is 65.2 Å². The number of nitrogens with zero attached hydrogens (tertiary/aromatic N) is 2. The molecule has 0 aromatic heterocycles. The van der Waals surface area contributed by atoms with Crippen LogP contribution in [0, 0.1) is 11.6 Å². The highest BCUT2D eigenvalue weighted by atomic mass is 19.1. The molecule has 3 rings (SSSR count). The molecule has 0 amide bonds. The van der Waals surface area contributed by atoms with Gasteiger partial charge in [0.1, 0.15) is 11.6 Å². The zero-order valence-electron chi connectivity index (χ0n) is 15.5. The van der Waals surface area contributed by atoms with Crippen molar-refractivity contribution in [2.45, 2.75) is 26.4 Å². The third-order valence-electron chi connectivity index (χ3n) is 5.12. The maximum absolute atomic E-state index is 13.9. The lowest BCUT2D eigenvalue weighted by Crippen LogP contribution is -2.46. The highest BCUT2D eigenvalue weighted by Crippen LogP contribution is 2.28. The van der Waals surface area contributed by atoms with Gasteiger partial charge < -0.3 is 15.1 Å². The lowest BCUT2D eigenvalue weighted by molar-refractivity contribution is 0.271. The second kappa shape index (κ2) is 8.60. The van der Waals surface area contributed by atoms with E-state index in [1.54, 1.807) is 12.1 Å². The first-order valence-electron chi connectivity index (χ1n) is 9.31. The number of anilines is 1. The van der Waals surface area contributed by atoms with Crippen LogP contribution >= 0.6 is 0 Å². The van der Waals surface area contributed by atoms with Gasteiger partial charge in [-0.15, -0.1) is 0 Å². The van der Waals surface area contributed by atoms with Gasteiger partial charge in [0.25, 0.3) is 0 Å². The second-order valence-corrected chi connectivity index (χ2v) is 6.86. The zero-order chi connectivity index (χ0) is 18.5. The molecule has 1 aliphatic rings. The molecule has 5 heteroatoms. The Hall–Kier alpha value is -1.98. The molecule has 1 heterocycles. The monoisotopic (exact) mass is 359 g/mol. The standard InChI is InChI=1S/C21H27F2N3/c1-3-25-9-11-26(12-10-25)21-8-7-19(23)14-20(21)16(2)24-15-17-5-4-6-18(22)13-17/h4-8,13-14,16,24H,3,9-12,15H2,1-2H3. The Morgan fingerprint density at radius 2 is 1.73 bits per heavy atom. The number of hydrogen-bond donors (Lipinski definition) is 1. The number of rotatable bonds is 6. The molecule has 1 fully saturated rings. The van der Waals surface area contributed by atoms with Gasteiger partial charge in [-0.05, 0) is 54.9 Å². The van der Waals surface area contributed by atoms with Crippen LogP contribution in [0.4, 0.5) is 14.5 Å². The zero-order valence-corrected chi connectivity index (χ0v) is 15.5. The van der Waals surface area contributed by atoms with Crippen molar-refractivity contribution in [1.29, 1.82) is 0 Å². The van der Waals surface area contributed by atoms with Crippen LogP contribution in [-0.2, 0) is 6.54 Å². The molecule has 0 saturated carbocycles.